The third kappa shape index (κ3) is 3.31. The number of benzene rings is 1. The number of hydrogen-bond acceptors (Lipinski definition) is 2. The van der Waals surface area contributed by atoms with Gasteiger partial charge in [-0.3, -0.25) is 0 Å². The molecule has 0 spiro atoms. The Bertz CT molecular complexity index is 432. The van der Waals surface area contributed by atoms with Gasteiger partial charge in [-0.2, -0.15) is 5.26 Å². The number of hydrogen-bond donors (Lipinski definition) is 1. The van der Waals surface area contributed by atoms with E-state index in [9.17, 15) is 0 Å². The molecule has 0 radical (unpaired) electrons. The summed E-state index contributed by atoms with van der Waals surface area (Å²) in [5.41, 5.74) is 1.56. The normalized spacial score (nSPS) is 18.4. The maximum atomic E-state index is 8.78. The zero-order chi connectivity index (χ0) is 12.3. The molecule has 2 rings (SSSR count). The summed E-state index contributed by atoms with van der Waals surface area (Å²) >= 11 is 3.49. The highest BCUT2D eigenvalue weighted by Crippen LogP contribution is 2.48. The largest absolute Gasteiger partial charge is 0.310 e. The molecule has 1 unspecified atom stereocenters. The minimum Gasteiger partial charge on any atom is -0.310 e. The molecule has 1 N–H and O–H groups in total. The molecule has 1 fully saturated rings. The van der Waals surface area contributed by atoms with Crippen molar-refractivity contribution in [2.24, 2.45) is 5.41 Å². The first kappa shape index (κ1) is 12.6. The molecule has 1 aromatic rings. The molecule has 1 aliphatic carbocycles. The molecular formula is C14H17BrN2. The van der Waals surface area contributed by atoms with Crippen LogP contribution in [-0.2, 0) is 0 Å². The molecule has 2 nitrogen and oxygen atoms in total. The number of rotatable bonds is 5. The topological polar surface area (TPSA) is 35.8 Å². The van der Waals surface area contributed by atoms with E-state index in [1.807, 2.05) is 6.07 Å². The molecule has 3 heteroatoms. The third-order valence-electron chi connectivity index (χ3n) is 3.54. The van der Waals surface area contributed by atoms with Gasteiger partial charge in [0.1, 0.15) is 0 Å². The number of nitriles is 1. The summed E-state index contributed by atoms with van der Waals surface area (Å²) < 4.78 is 1.11. The molecule has 90 valence electrons. The second-order valence-corrected chi connectivity index (χ2v) is 5.91. The molecule has 1 atom stereocenters. The quantitative estimate of drug-likeness (QED) is 0.896. The van der Waals surface area contributed by atoms with Crippen LogP contribution in [0, 0.1) is 16.7 Å². The first-order valence-corrected chi connectivity index (χ1v) is 6.80. The van der Waals surface area contributed by atoms with Crippen molar-refractivity contribution in [2.45, 2.75) is 32.2 Å². The van der Waals surface area contributed by atoms with Crippen molar-refractivity contribution < 1.29 is 0 Å². The summed E-state index contributed by atoms with van der Waals surface area (Å²) in [7, 11) is 0. The summed E-state index contributed by atoms with van der Waals surface area (Å²) in [4.78, 5) is 0. The lowest BCUT2D eigenvalue weighted by molar-refractivity contribution is 0.433. The molecule has 0 saturated heterocycles. The zero-order valence-electron chi connectivity index (χ0n) is 10.0. The molecule has 0 aromatic heterocycles. The second kappa shape index (κ2) is 5.20. The molecule has 1 aromatic carbocycles. The van der Waals surface area contributed by atoms with Crippen LogP contribution in [0.4, 0.5) is 0 Å². The molecule has 0 bridgehead atoms. The Morgan fingerprint density at radius 2 is 2.29 bits per heavy atom. The van der Waals surface area contributed by atoms with Gasteiger partial charge in [-0.15, -0.1) is 0 Å². The van der Waals surface area contributed by atoms with Gasteiger partial charge >= 0.3 is 0 Å². The van der Waals surface area contributed by atoms with E-state index in [1.54, 1.807) is 0 Å². The average Bonchev–Trinajstić information content (AvgIpc) is 3.07. The predicted molar refractivity (Wildman–Crippen MR) is 72.5 cm³/mol. The average molecular weight is 293 g/mol. The predicted octanol–water partition coefficient (Wildman–Crippen LogP) is 3.79. The van der Waals surface area contributed by atoms with E-state index in [2.05, 4.69) is 52.4 Å². The smallest absolute Gasteiger partial charge is 0.0628 e. The highest BCUT2D eigenvalue weighted by Gasteiger charge is 2.42. The fourth-order valence-electron chi connectivity index (χ4n) is 2.02. The van der Waals surface area contributed by atoms with Gasteiger partial charge in [0.15, 0.2) is 0 Å². The van der Waals surface area contributed by atoms with Crippen LogP contribution >= 0.6 is 15.9 Å². The van der Waals surface area contributed by atoms with E-state index in [4.69, 9.17) is 5.26 Å². The summed E-state index contributed by atoms with van der Waals surface area (Å²) in [6.07, 6.45) is 3.07. The van der Waals surface area contributed by atoms with Crippen LogP contribution in [0.15, 0.2) is 28.7 Å². The van der Waals surface area contributed by atoms with Gasteiger partial charge in [-0.05, 0) is 42.9 Å². The van der Waals surface area contributed by atoms with Crippen LogP contribution in [0.5, 0.6) is 0 Å². The van der Waals surface area contributed by atoms with E-state index in [1.165, 1.54) is 18.4 Å². The number of halogens is 1. The SMILES string of the molecule is CC(NCC1(CC#N)CC1)c1cccc(Br)c1. The molecule has 0 amide bonds. The van der Waals surface area contributed by atoms with Crippen LogP contribution < -0.4 is 5.32 Å². The van der Waals surface area contributed by atoms with Crippen molar-refractivity contribution in [1.82, 2.24) is 5.32 Å². The van der Waals surface area contributed by atoms with Crippen molar-refractivity contribution in [3.63, 3.8) is 0 Å². The lowest BCUT2D eigenvalue weighted by atomic mass is 10.0. The molecule has 0 aliphatic heterocycles. The lowest BCUT2D eigenvalue weighted by Gasteiger charge is -2.18. The zero-order valence-corrected chi connectivity index (χ0v) is 11.6. The summed E-state index contributed by atoms with van der Waals surface area (Å²) in [5, 5.41) is 12.3. The highest BCUT2D eigenvalue weighted by atomic mass is 79.9. The Balaban J connectivity index is 1.90. The molecule has 1 aliphatic rings. The van der Waals surface area contributed by atoms with Crippen molar-refractivity contribution in [3.05, 3.63) is 34.3 Å². The van der Waals surface area contributed by atoms with Gasteiger partial charge in [0.2, 0.25) is 0 Å². The summed E-state index contributed by atoms with van der Waals surface area (Å²) in [6.45, 7) is 3.12. The summed E-state index contributed by atoms with van der Waals surface area (Å²) in [6, 6.07) is 11.0. The van der Waals surface area contributed by atoms with Gasteiger partial charge in [0.05, 0.1) is 6.07 Å². The molecule has 0 heterocycles. The van der Waals surface area contributed by atoms with Crippen LogP contribution in [0.2, 0.25) is 0 Å². The second-order valence-electron chi connectivity index (χ2n) is 4.99. The van der Waals surface area contributed by atoms with Crippen molar-refractivity contribution in [3.8, 4) is 6.07 Å². The van der Waals surface area contributed by atoms with Crippen molar-refractivity contribution >= 4 is 15.9 Å². The minimum absolute atomic E-state index is 0.273. The fourth-order valence-corrected chi connectivity index (χ4v) is 2.44. The van der Waals surface area contributed by atoms with Gasteiger partial charge in [-0.1, -0.05) is 28.1 Å². The van der Waals surface area contributed by atoms with E-state index >= 15 is 0 Å². The Hall–Kier alpha value is -0.850. The van der Waals surface area contributed by atoms with E-state index in [0.717, 1.165) is 11.0 Å². The Morgan fingerprint density at radius 3 is 2.88 bits per heavy atom. The van der Waals surface area contributed by atoms with Gasteiger partial charge < -0.3 is 5.32 Å². The fraction of sp³-hybridized carbons (Fsp3) is 0.500. The minimum atomic E-state index is 0.273. The number of nitrogens with one attached hydrogen (secondary N) is 1. The van der Waals surface area contributed by atoms with Crippen LogP contribution in [0.3, 0.4) is 0 Å². The molecule has 1 saturated carbocycles. The number of nitrogens with zero attached hydrogens (tertiary/aromatic N) is 1. The van der Waals surface area contributed by atoms with Crippen LogP contribution in [0.25, 0.3) is 0 Å². The maximum Gasteiger partial charge on any atom is 0.0628 e. The molecule has 17 heavy (non-hydrogen) atoms. The summed E-state index contributed by atoms with van der Waals surface area (Å²) in [5.74, 6) is 0. The Morgan fingerprint density at radius 1 is 1.53 bits per heavy atom. The third-order valence-corrected chi connectivity index (χ3v) is 4.04. The van der Waals surface area contributed by atoms with Gasteiger partial charge in [0, 0.05) is 23.5 Å². The van der Waals surface area contributed by atoms with Gasteiger partial charge in [-0.25, -0.2) is 0 Å². The van der Waals surface area contributed by atoms with Crippen molar-refractivity contribution in [1.29, 1.82) is 5.26 Å². The first-order valence-electron chi connectivity index (χ1n) is 6.01. The monoisotopic (exact) mass is 292 g/mol. The van der Waals surface area contributed by atoms with E-state index in [0.29, 0.717) is 12.5 Å². The Kier molecular flexibility index (Phi) is 3.86. The highest BCUT2D eigenvalue weighted by molar-refractivity contribution is 9.10. The standard InChI is InChI=1S/C14H17BrN2/c1-11(12-3-2-4-13(15)9-12)17-10-14(5-6-14)7-8-16/h2-4,9,11,17H,5-7,10H2,1H3. The Labute approximate surface area is 111 Å². The molecular weight excluding hydrogens is 276 g/mol. The lowest BCUT2D eigenvalue weighted by Crippen LogP contribution is -2.26. The van der Waals surface area contributed by atoms with Gasteiger partial charge in [0.25, 0.3) is 0 Å². The maximum absolute atomic E-state index is 8.78. The van der Waals surface area contributed by atoms with Crippen LogP contribution in [0.1, 0.15) is 37.8 Å². The van der Waals surface area contributed by atoms with E-state index < -0.39 is 0 Å². The first-order chi connectivity index (χ1) is 8.15. The van der Waals surface area contributed by atoms with Crippen LogP contribution in [-0.4, -0.2) is 6.54 Å². The van der Waals surface area contributed by atoms with E-state index in [-0.39, 0.29) is 5.41 Å². The van der Waals surface area contributed by atoms with Crippen molar-refractivity contribution in [2.75, 3.05) is 6.54 Å².